The minimum Gasteiger partial charge on any atom is -0.368 e. The Morgan fingerprint density at radius 1 is 1.32 bits per heavy atom. The number of amides is 1. The lowest BCUT2D eigenvalue weighted by Crippen LogP contribution is -2.38. The topological polar surface area (TPSA) is 76.0 Å². The number of para-hydroxylation sites is 1. The molecule has 0 bridgehead atoms. The average molecular weight is 384 g/mol. The Labute approximate surface area is 149 Å². The first kappa shape index (κ1) is 17.0. The Balaban J connectivity index is 1.71. The molecule has 0 spiro atoms. The Bertz CT molecular complexity index is 836. The lowest BCUT2D eigenvalue weighted by Gasteiger charge is -2.25. The number of benzene rings is 1. The summed E-state index contributed by atoms with van der Waals surface area (Å²) in [6.07, 6.45) is 0.885. The highest BCUT2D eigenvalue weighted by atomic mass is 32.2. The highest BCUT2D eigenvalue weighted by Gasteiger charge is 2.50. The number of halogens is 1. The molecule has 0 aromatic heterocycles. The molecule has 3 aliphatic rings. The number of hydrogen-bond donors (Lipinski definition) is 0. The molecule has 0 aliphatic carbocycles. The van der Waals surface area contributed by atoms with E-state index in [1.54, 1.807) is 23.1 Å². The van der Waals surface area contributed by atoms with Crippen molar-refractivity contribution in [2.45, 2.75) is 30.2 Å². The third kappa shape index (κ3) is 3.20. The first-order valence-electron chi connectivity index (χ1n) is 8.09. The summed E-state index contributed by atoms with van der Waals surface area (Å²) in [5, 5.41) is 0.108. The van der Waals surface area contributed by atoms with Crippen molar-refractivity contribution in [1.82, 2.24) is 0 Å². The predicted octanol–water partition coefficient (Wildman–Crippen LogP) is 1.61. The van der Waals surface area contributed by atoms with Gasteiger partial charge in [-0.15, -0.1) is 0 Å². The molecule has 1 aromatic rings. The fourth-order valence-electron chi connectivity index (χ4n) is 3.43. The Morgan fingerprint density at radius 3 is 2.84 bits per heavy atom. The predicted molar refractivity (Wildman–Crippen MR) is 94.1 cm³/mol. The summed E-state index contributed by atoms with van der Waals surface area (Å²) in [6, 6.07) is 5.73. The molecule has 1 aromatic carbocycles. The molecule has 3 heterocycles. The van der Waals surface area contributed by atoms with Gasteiger partial charge in [-0.3, -0.25) is 4.79 Å². The number of thioether (sulfide) groups is 1. The third-order valence-corrected chi connectivity index (χ3v) is 7.80. The van der Waals surface area contributed by atoms with Crippen LogP contribution in [0.1, 0.15) is 12.8 Å². The molecule has 9 heteroatoms. The molecule has 3 fully saturated rings. The zero-order chi connectivity index (χ0) is 17.6. The van der Waals surface area contributed by atoms with E-state index in [2.05, 4.69) is 4.99 Å². The van der Waals surface area contributed by atoms with Gasteiger partial charge in [0.25, 0.3) is 5.91 Å². The van der Waals surface area contributed by atoms with Crippen LogP contribution in [-0.4, -0.2) is 55.0 Å². The maximum atomic E-state index is 14.3. The van der Waals surface area contributed by atoms with E-state index < -0.39 is 27.8 Å². The average Bonchev–Trinajstić information content (AvgIpc) is 3.23. The SMILES string of the molecule is O=C(N=C1S[C@@H]2CS(=O)(=O)C[C@H]2N1c1ccccc1F)[C@H]1CCCO1. The highest BCUT2D eigenvalue weighted by Crippen LogP contribution is 2.41. The molecule has 3 saturated heterocycles. The van der Waals surface area contributed by atoms with Crippen molar-refractivity contribution in [1.29, 1.82) is 0 Å². The van der Waals surface area contributed by atoms with E-state index in [-0.39, 0.29) is 28.4 Å². The number of sulfone groups is 1. The van der Waals surface area contributed by atoms with Crippen molar-refractivity contribution >= 4 is 38.4 Å². The minimum atomic E-state index is -3.18. The number of carbonyl (C=O) groups excluding carboxylic acids is 1. The monoisotopic (exact) mass is 384 g/mol. The van der Waals surface area contributed by atoms with Gasteiger partial charge < -0.3 is 9.64 Å². The normalized spacial score (nSPS) is 32.3. The molecule has 6 nitrogen and oxygen atoms in total. The van der Waals surface area contributed by atoms with Gasteiger partial charge in [0.2, 0.25) is 0 Å². The molecule has 3 aliphatic heterocycles. The van der Waals surface area contributed by atoms with Gasteiger partial charge in [0.15, 0.2) is 15.0 Å². The molecular formula is C16H17FN2O4S2. The molecule has 0 unspecified atom stereocenters. The molecule has 0 radical (unpaired) electrons. The van der Waals surface area contributed by atoms with Crippen molar-refractivity contribution in [2.24, 2.45) is 4.99 Å². The van der Waals surface area contributed by atoms with E-state index in [1.807, 2.05) is 0 Å². The summed E-state index contributed by atoms with van der Waals surface area (Å²) in [6.45, 7) is 0.537. The number of carbonyl (C=O) groups is 1. The van der Waals surface area contributed by atoms with Crippen LogP contribution in [-0.2, 0) is 19.4 Å². The summed E-state index contributed by atoms with van der Waals surface area (Å²) in [5.41, 5.74) is 0.249. The van der Waals surface area contributed by atoms with Crippen LogP contribution in [0, 0.1) is 5.82 Å². The molecule has 0 saturated carbocycles. The van der Waals surface area contributed by atoms with E-state index in [0.29, 0.717) is 18.2 Å². The second-order valence-electron chi connectivity index (χ2n) is 6.36. The number of rotatable bonds is 2. The van der Waals surface area contributed by atoms with E-state index in [1.165, 1.54) is 17.8 Å². The fraction of sp³-hybridized carbons (Fsp3) is 0.500. The van der Waals surface area contributed by atoms with Gasteiger partial charge in [-0.05, 0) is 25.0 Å². The minimum absolute atomic E-state index is 0.0143. The molecular weight excluding hydrogens is 367 g/mol. The summed E-state index contributed by atoms with van der Waals surface area (Å²) >= 11 is 1.24. The molecule has 3 atom stereocenters. The molecule has 134 valence electrons. The van der Waals surface area contributed by atoms with Crippen molar-refractivity contribution in [3.05, 3.63) is 30.1 Å². The Kier molecular flexibility index (Phi) is 4.33. The third-order valence-electron chi connectivity index (χ3n) is 4.59. The first-order valence-corrected chi connectivity index (χ1v) is 10.8. The van der Waals surface area contributed by atoms with E-state index in [0.717, 1.165) is 6.42 Å². The van der Waals surface area contributed by atoms with Crippen LogP contribution < -0.4 is 4.90 Å². The highest BCUT2D eigenvalue weighted by molar-refractivity contribution is 8.16. The van der Waals surface area contributed by atoms with Crippen LogP contribution in [0.2, 0.25) is 0 Å². The first-order chi connectivity index (χ1) is 11.9. The number of fused-ring (bicyclic) bond motifs is 1. The van der Waals surface area contributed by atoms with Crippen LogP contribution in [0.3, 0.4) is 0 Å². The van der Waals surface area contributed by atoms with E-state index >= 15 is 0 Å². The number of amidine groups is 1. The van der Waals surface area contributed by atoms with Gasteiger partial charge in [0.1, 0.15) is 11.9 Å². The van der Waals surface area contributed by atoms with Crippen molar-refractivity contribution < 1.29 is 22.3 Å². The van der Waals surface area contributed by atoms with Gasteiger partial charge in [0, 0.05) is 11.9 Å². The number of hydrogen-bond acceptors (Lipinski definition) is 5. The zero-order valence-corrected chi connectivity index (χ0v) is 14.9. The maximum Gasteiger partial charge on any atom is 0.277 e. The van der Waals surface area contributed by atoms with Crippen LogP contribution in [0.4, 0.5) is 10.1 Å². The molecule has 25 heavy (non-hydrogen) atoms. The number of aliphatic imine (C=N–C) groups is 1. The summed E-state index contributed by atoms with van der Waals surface area (Å²) in [5.74, 6) is -0.901. The quantitative estimate of drug-likeness (QED) is 0.771. The number of nitrogens with zero attached hydrogens (tertiary/aromatic N) is 2. The van der Waals surface area contributed by atoms with Gasteiger partial charge >= 0.3 is 0 Å². The standard InChI is InChI=1S/C16H17FN2O4S2/c17-10-4-1-2-5-11(10)19-12-8-25(21,22)9-14(12)24-16(19)18-15(20)13-6-3-7-23-13/h1-2,4-5,12-14H,3,6-9H2/t12-,13-,14-/m1/s1. The largest absolute Gasteiger partial charge is 0.368 e. The summed E-state index contributed by atoms with van der Waals surface area (Å²) in [7, 11) is -3.18. The van der Waals surface area contributed by atoms with Gasteiger partial charge in [-0.25, -0.2) is 12.8 Å². The van der Waals surface area contributed by atoms with Crippen LogP contribution in [0.5, 0.6) is 0 Å². The van der Waals surface area contributed by atoms with Gasteiger partial charge in [-0.1, -0.05) is 23.9 Å². The lowest BCUT2D eigenvalue weighted by atomic mass is 10.2. The van der Waals surface area contributed by atoms with Gasteiger partial charge in [-0.2, -0.15) is 4.99 Å². The molecule has 1 amide bonds. The smallest absolute Gasteiger partial charge is 0.277 e. The van der Waals surface area contributed by atoms with Crippen molar-refractivity contribution in [2.75, 3.05) is 23.0 Å². The summed E-state index contributed by atoms with van der Waals surface area (Å²) < 4.78 is 43.7. The van der Waals surface area contributed by atoms with Crippen LogP contribution in [0.15, 0.2) is 29.3 Å². The van der Waals surface area contributed by atoms with Gasteiger partial charge in [0.05, 0.1) is 23.2 Å². The fourth-order valence-corrected chi connectivity index (χ4v) is 7.34. The van der Waals surface area contributed by atoms with E-state index in [4.69, 9.17) is 4.74 Å². The van der Waals surface area contributed by atoms with Crippen molar-refractivity contribution in [3.63, 3.8) is 0 Å². The van der Waals surface area contributed by atoms with Crippen LogP contribution in [0.25, 0.3) is 0 Å². The number of ether oxygens (including phenoxy) is 1. The molecule has 4 rings (SSSR count). The molecule has 0 N–H and O–H groups in total. The van der Waals surface area contributed by atoms with E-state index in [9.17, 15) is 17.6 Å². The Morgan fingerprint density at radius 2 is 2.12 bits per heavy atom. The van der Waals surface area contributed by atoms with Crippen molar-refractivity contribution in [3.8, 4) is 0 Å². The van der Waals surface area contributed by atoms with Crippen LogP contribution >= 0.6 is 11.8 Å². The second-order valence-corrected chi connectivity index (χ2v) is 9.72. The Hall–Kier alpha value is -1.45. The second kappa shape index (κ2) is 6.37. The number of anilines is 1. The maximum absolute atomic E-state index is 14.3. The summed E-state index contributed by atoms with van der Waals surface area (Å²) in [4.78, 5) is 18.1. The lowest BCUT2D eigenvalue weighted by molar-refractivity contribution is -0.126. The zero-order valence-electron chi connectivity index (χ0n) is 13.3.